The average Bonchev–Trinajstić information content (AvgIpc) is 2.75. The van der Waals surface area contributed by atoms with Crippen LogP contribution in [0.3, 0.4) is 0 Å². The highest BCUT2D eigenvalue weighted by Crippen LogP contribution is 2.34. The summed E-state index contributed by atoms with van der Waals surface area (Å²) in [5.74, 6) is 0.621. The molecule has 1 amide bonds. The number of rotatable bonds is 8. The monoisotopic (exact) mass is 594 g/mol. The minimum atomic E-state index is -0.516. The Morgan fingerprint density at radius 2 is 1.94 bits per heavy atom. The van der Waals surface area contributed by atoms with Gasteiger partial charge in [-0.05, 0) is 71.0 Å². The third-order valence-corrected chi connectivity index (χ3v) is 5.44. The first-order chi connectivity index (χ1) is 15.0. The molecule has 3 aromatic carbocycles. The third-order valence-electron chi connectivity index (χ3n) is 4.14. The minimum absolute atomic E-state index is 0.121. The number of hydrogen-bond donors (Lipinski definition) is 2. The number of ether oxygens (including phenoxy) is 2. The van der Waals surface area contributed by atoms with Crippen LogP contribution in [0.4, 0.5) is 0 Å². The van der Waals surface area contributed by atoms with Gasteiger partial charge in [0.1, 0.15) is 12.4 Å². The number of carbonyl (C=O) groups is 1. The second-order valence-corrected chi connectivity index (χ2v) is 8.48. The van der Waals surface area contributed by atoms with E-state index < -0.39 is 5.91 Å². The fourth-order valence-electron chi connectivity index (χ4n) is 2.71. The van der Waals surface area contributed by atoms with Crippen molar-refractivity contribution in [1.29, 1.82) is 0 Å². The molecule has 3 rings (SSSR count). The summed E-state index contributed by atoms with van der Waals surface area (Å²) in [6.45, 7) is 2.81. The van der Waals surface area contributed by atoms with Crippen LogP contribution in [-0.4, -0.2) is 23.8 Å². The lowest BCUT2D eigenvalue weighted by atomic mass is 10.2. The minimum Gasteiger partial charge on any atom is -0.507 e. The predicted molar refractivity (Wildman–Crippen MR) is 132 cm³/mol. The molecular weight excluding hydrogens is 575 g/mol. The molecule has 0 heterocycles. The van der Waals surface area contributed by atoms with Gasteiger partial charge < -0.3 is 14.6 Å². The van der Waals surface area contributed by atoms with Crippen molar-refractivity contribution in [1.82, 2.24) is 5.43 Å². The molecule has 8 heteroatoms. The molecule has 0 aliphatic heterocycles. The Morgan fingerprint density at radius 1 is 1.16 bits per heavy atom. The standard InChI is InChI=1S/C23H20BrIN2O4/c1-2-30-21-11-16(10-19(25)22(21)31-14-15-6-4-3-5-7-15)13-26-27-23(29)18-12-17(24)8-9-20(18)28/h3-13,28H,2,14H2,1H3,(H,27,29)/b26-13-. The number of phenols is 1. The van der Waals surface area contributed by atoms with Gasteiger partial charge in [0.05, 0.1) is 22.0 Å². The van der Waals surface area contributed by atoms with E-state index in [0.717, 1.165) is 14.7 Å². The maximum Gasteiger partial charge on any atom is 0.275 e. The number of hydrogen-bond acceptors (Lipinski definition) is 5. The van der Waals surface area contributed by atoms with Crippen LogP contribution >= 0.6 is 38.5 Å². The maximum atomic E-state index is 12.3. The fraction of sp³-hybridized carbons (Fsp3) is 0.130. The van der Waals surface area contributed by atoms with E-state index in [1.54, 1.807) is 12.1 Å². The van der Waals surface area contributed by atoms with Gasteiger partial charge in [-0.15, -0.1) is 0 Å². The fourth-order valence-corrected chi connectivity index (χ4v) is 3.85. The van der Waals surface area contributed by atoms with E-state index in [4.69, 9.17) is 9.47 Å². The van der Waals surface area contributed by atoms with E-state index in [9.17, 15) is 9.90 Å². The number of hydrazone groups is 1. The average molecular weight is 595 g/mol. The topological polar surface area (TPSA) is 80.2 Å². The Labute approximate surface area is 202 Å². The summed E-state index contributed by atoms with van der Waals surface area (Å²) in [6, 6.07) is 18.2. The summed E-state index contributed by atoms with van der Waals surface area (Å²) in [5, 5.41) is 13.9. The highest BCUT2D eigenvalue weighted by Gasteiger charge is 2.13. The Bertz CT molecular complexity index is 1090. The molecule has 3 aromatic rings. The molecule has 160 valence electrons. The molecule has 0 saturated heterocycles. The molecule has 0 bridgehead atoms. The van der Waals surface area contributed by atoms with Crippen LogP contribution in [0, 0.1) is 3.57 Å². The van der Waals surface area contributed by atoms with E-state index in [2.05, 4.69) is 49.0 Å². The Hall–Kier alpha value is -2.59. The quantitative estimate of drug-likeness (QED) is 0.205. The summed E-state index contributed by atoms with van der Waals surface area (Å²) in [7, 11) is 0. The molecule has 0 unspecified atom stereocenters. The second-order valence-electron chi connectivity index (χ2n) is 6.40. The molecule has 6 nitrogen and oxygen atoms in total. The van der Waals surface area contributed by atoms with Crippen molar-refractivity contribution >= 4 is 50.6 Å². The first-order valence-corrected chi connectivity index (χ1v) is 11.3. The lowest BCUT2D eigenvalue weighted by molar-refractivity contribution is 0.0952. The number of aromatic hydroxyl groups is 1. The molecule has 0 aromatic heterocycles. The van der Waals surface area contributed by atoms with Crippen molar-refractivity contribution in [2.24, 2.45) is 5.10 Å². The highest BCUT2D eigenvalue weighted by molar-refractivity contribution is 14.1. The number of carbonyl (C=O) groups excluding carboxylic acids is 1. The Kier molecular flexibility index (Phi) is 8.30. The molecule has 2 N–H and O–H groups in total. The van der Waals surface area contributed by atoms with Gasteiger partial charge in [-0.1, -0.05) is 46.3 Å². The van der Waals surface area contributed by atoms with E-state index in [-0.39, 0.29) is 11.3 Å². The maximum absolute atomic E-state index is 12.3. The second kappa shape index (κ2) is 11.1. The van der Waals surface area contributed by atoms with Gasteiger partial charge in [0, 0.05) is 4.47 Å². The summed E-state index contributed by atoms with van der Waals surface area (Å²) in [4.78, 5) is 12.3. The van der Waals surface area contributed by atoms with Crippen LogP contribution in [0.5, 0.6) is 17.2 Å². The smallest absolute Gasteiger partial charge is 0.275 e. The van der Waals surface area contributed by atoms with E-state index in [0.29, 0.717) is 29.2 Å². The molecule has 0 atom stereocenters. The van der Waals surface area contributed by atoms with Crippen molar-refractivity contribution < 1.29 is 19.4 Å². The van der Waals surface area contributed by atoms with Crippen molar-refractivity contribution in [3.63, 3.8) is 0 Å². The summed E-state index contributed by atoms with van der Waals surface area (Å²) >= 11 is 5.46. The first kappa shape index (κ1) is 23.1. The number of nitrogens with one attached hydrogen (secondary N) is 1. The van der Waals surface area contributed by atoms with Gasteiger partial charge in [-0.25, -0.2) is 5.43 Å². The van der Waals surface area contributed by atoms with Gasteiger partial charge >= 0.3 is 0 Å². The normalized spacial score (nSPS) is 10.8. The van der Waals surface area contributed by atoms with E-state index >= 15 is 0 Å². The molecule has 0 fully saturated rings. The molecule has 0 spiro atoms. The molecule has 0 aliphatic rings. The van der Waals surface area contributed by atoms with Crippen LogP contribution in [-0.2, 0) is 6.61 Å². The van der Waals surface area contributed by atoms with Gasteiger partial charge in [0.25, 0.3) is 5.91 Å². The van der Waals surface area contributed by atoms with Crippen LogP contribution in [0.2, 0.25) is 0 Å². The lowest BCUT2D eigenvalue weighted by Crippen LogP contribution is -2.17. The van der Waals surface area contributed by atoms with Crippen LogP contribution in [0.15, 0.2) is 70.2 Å². The number of phenolic OH excluding ortho intramolecular Hbond substituents is 1. The molecule has 0 radical (unpaired) electrons. The van der Waals surface area contributed by atoms with Gasteiger partial charge in [0.2, 0.25) is 0 Å². The Balaban J connectivity index is 1.74. The van der Waals surface area contributed by atoms with Gasteiger partial charge in [-0.3, -0.25) is 4.79 Å². The van der Waals surface area contributed by atoms with Gasteiger partial charge in [0.15, 0.2) is 11.5 Å². The number of amides is 1. The van der Waals surface area contributed by atoms with Crippen LogP contribution < -0.4 is 14.9 Å². The number of nitrogens with zero attached hydrogens (tertiary/aromatic N) is 1. The van der Waals surface area contributed by atoms with Crippen LogP contribution in [0.25, 0.3) is 0 Å². The summed E-state index contributed by atoms with van der Waals surface area (Å²) in [5.41, 5.74) is 4.34. The van der Waals surface area contributed by atoms with Crippen molar-refractivity contribution in [3.05, 3.63) is 85.4 Å². The van der Waals surface area contributed by atoms with Gasteiger partial charge in [-0.2, -0.15) is 5.10 Å². The largest absolute Gasteiger partial charge is 0.507 e. The van der Waals surface area contributed by atoms with Crippen LogP contribution in [0.1, 0.15) is 28.4 Å². The number of halogens is 2. The number of benzene rings is 3. The van der Waals surface area contributed by atoms with E-state index in [1.165, 1.54) is 18.3 Å². The SMILES string of the molecule is CCOc1cc(/C=N\NC(=O)c2cc(Br)ccc2O)cc(I)c1OCc1ccccc1. The predicted octanol–water partition coefficient (Wildman–Crippen LogP) is 5.50. The lowest BCUT2D eigenvalue weighted by Gasteiger charge is -2.14. The zero-order valence-electron chi connectivity index (χ0n) is 16.6. The molecule has 0 aliphatic carbocycles. The van der Waals surface area contributed by atoms with Crippen molar-refractivity contribution in [2.45, 2.75) is 13.5 Å². The molecular formula is C23H20BrIN2O4. The summed E-state index contributed by atoms with van der Waals surface area (Å²) < 4.78 is 13.3. The first-order valence-electron chi connectivity index (χ1n) is 9.43. The van der Waals surface area contributed by atoms with Crippen molar-refractivity contribution in [2.75, 3.05) is 6.61 Å². The van der Waals surface area contributed by atoms with Crippen molar-refractivity contribution in [3.8, 4) is 17.2 Å². The summed E-state index contributed by atoms with van der Waals surface area (Å²) in [6.07, 6.45) is 1.51. The zero-order chi connectivity index (χ0) is 22.2. The molecule has 0 saturated carbocycles. The van der Waals surface area contributed by atoms with E-state index in [1.807, 2.05) is 43.3 Å². The third kappa shape index (κ3) is 6.44. The Morgan fingerprint density at radius 3 is 2.68 bits per heavy atom. The molecule has 31 heavy (non-hydrogen) atoms. The highest BCUT2D eigenvalue weighted by atomic mass is 127. The zero-order valence-corrected chi connectivity index (χ0v) is 20.4.